The summed E-state index contributed by atoms with van der Waals surface area (Å²) in [7, 11) is 0. The van der Waals surface area contributed by atoms with Gasteiger partial charge in [-0.2, -0.15) is 0 Å². The molecule has 0 aliphatic rings. The summed E-state index contributed by atoms with van der Waals surface area (Å²) in [5, 5.41) is 13.7. The van der Waals surface area contributed by atoms with Crippen molar-refractivity contribution in [3.63, 3.8) is 0 Å². The van der Waals surface area contributed by atoms with Gasteiger partial charge in [0.15, 0.2) is 0 Å². The largest absolute Gasteiger partial charge is 0.259 e. The molecule has 0 aliphatic carbocycles. The van der Waals surface area contributed by atoms with Crippen molar-refractivity contribution in [2.75, 3.05) is 0 Å². The van der Waals surface area contributed by atoms with Crippen molar-refractivity contribution in [1.82, 2.24) is 0 Å². The third kappa shape index (κ3) is 9.56. The van der Waals surface area contributed by atoms with E-state index in [-0.39, 0.29) is 4.92 Å². The average molecular weight is 410 g/mol. The molecule has 30 heavy (non-hydrogen) atoms. The quantitative estimate of drug-likeness (QED) is 0.158. The van der Waals surface area contributed by atoms with Crippen LogP contribution in [0.1, 0.15) is 102 Å². The average Bonchev–Trinajstić information content (AvgIpc) is 2.76. The van der Waals surface area contributed by atoms with E-state index in [4.69, 9.17) is 0 Å². The van der Waals surface area contributed by atoms with Crippen LogP contribution in [0.5, 0.6) is 0 Å². The molecular weight excluding hydrogens is 370 g/mol. The van der Waals surface area contributed by atoms with Crippen LogP contribution in [0.4, 0.5) is 0 Å². The maximum atomic E-state index is 11.5. The number of hydrogen-bond acceptors (Lipinski definition) is 2. The molecule has 0 atom stereocenters. The van der Waals surface area contributed by atoms with Gasteiger partial charge in [-0.3, -0.25) is 10.1 Å². The number of fused-ring (bicyclic) bond motifs is 1. The first-order chi connectivity index (χ1) is 14.7. The summed E-state index contributed by atoms with van der Waals surface area (Å²) in [6.07, 6.45) is 19.0. The minimum atomic E-state index is -0.213. The molecule has 164 valence electrons. The second-order valence-electron chi connectivity index (χ2n) is 8.49. The maximum Gasteiger partial charge on any atom is 0.246 e. The molecule has 0 spiro atoms. The van der Waals surface area contributed by atoms with Gasteiger partial charge in [0.1, 0.15) is 0 Å². The van der Waals surface area contributed by atoms with Crippen molar-refractivity contribution in [1.29, 1.82) is 0 Å². The Morgan fingerprint density at radius 3 is 1.87 bits per heavy atom. The van der Waals surface area contributed by atoms with Crippen molar-refractivity contribution in [3.05, 3.63) is 63.8 Å². The Hall–Kier alpha value is -2.16. The van der Waals surface area contributed by atoms with Crippen LogP contribution in [0.3, 0.4) is 0 Å². The van der Waals surface area contributed by atoms with E-state index < -0.39 is 0 Å². The van der Waals surface area contributed by atoms with Gasteiger partial charge in [-0.05, 0) is 28.8 Å². The lowest BCUT2D eigenvalue weighted by atomic mass is 10.0. The van der Waals surface area contributed by atoms with Crippen LogP contribution in [0.15, 0.2) is 48.2 Å². The molecule has 0 amide bonds. The lowest BCUT2D eigenvalue weighted by molar-refractivity contribution is -0.426. The van der Waals surface area contributed by atoms with Crippen molar-refractivity contribution in [2.24, 2.45) is 0 Å². The molecule has 0 aliphatic heterocycles. The summed E-state index contributed by atoms with van der Waals surface area (Å²) >= 11 is 0. The van der Waals surface area contributed by atoms with Crippen LogP contribution >= 0.6 is 0 Å². The number of nitro groups is 1. The Bertz CT molecular complexity index is 781. The van der Waals surface area contributed by atoms with Gasteiger partial charge >= 0.3 is 0 Å². The standard InChI is InChI=1S/C27H39NO2/c1-2-3-4-5-6-7-8-9-10-11-12-13-14-19-27(28(29)30)23-24-20-21-25-17-15-16-18-26(25)22-24/h15-18,20-23H,2-14,19H2,1H3/b27-23+. The molecule has 0 saturated heterocycles. The molecule has 0 radical (unpaired) electrons. The minimum absolute atomic E-state index is 0.213. The highest BCUT2D eigenvalue weighted by atomic mass is 16.6. The van der Waals surface area contributed by atoms with Crippen molar-refractivity contribution in [3.8, 4) is 0 Å². The molecule has 2 aromatic rings. The first-order valence-corrected chi connectivity index (χ1v) is 12.0. The number of allylic oxidation sites excluding steroid dienone is 1. The zero-order valence-electron chi connectivity index (χ0n) is 18.8. The Kier molecular flexibility index (Phi) is 11.9. The van der Waals surface area contributed by atoms with Gasteiger partial charge in [0, 0.05) is 12.5 Å². The zero-order valence-corrected chi connectivity index (χ0v) is 18.8. The Morgan fingerprint density at radius 1 is 0.767 bits per heavy atom. The molecule has 3 nitrogen and oxygen atoms in total. The number of rotatable bonds is 16. The number of hydrogen-bond donors (Lipinski definition) is 0. The molecule has 0 aromatic heterocycles. The number of nitrogens with zero attached hydrogens (tertiary/aromatic N) is 1. The molecule has 0 bridgehead atoms. The molecule has 0 heterocycles. The topological polar surface area (TPSA) is 43.1 Å². The summed E-state index contributed by atoms with van der Waals surface area (Å²) in [5.41, 5.74) is 1.24. The molecule has 3 heteroatoms. The van der Waals surface area contributed by atoms with E-state index in [9.17, 15) is 10.1 Å². The molecule has 0 N–H and O–H groups in total. The van der Waals surface area contributed by atoms with Gasteiger partial charge in [-0.1, -0.05) is 120 Å². The van der Waals surface area contributed by atoms with Crippen LogP contribution in [0.2, 0.25) is 0 Å². The molecule has 2 rings (SSSR count). The molecule has 0 fully saturated rings. The normalized spacial score (nSPS) is 11.8. The minimum Gasteiger partial charge on any atom is -0.259 e. The monoisotopic (exact) mass is 409 g/mol. The number of benzene rings is 2. The van der Waals surface area contributed by atoms with Crippen molar-refractivity contribution >= 4 is 16.8 Å². The van der Waals surface area contributed by atoms with Crippen molar-refractivity contribution < 1.29 is 4.92 Å². The Balaban J connectivity index is 1.61. The first-order valence-electron chi connectivity index (χ1n) is 12.0. The van der Waals surface area contributed by atoms with Gasteiger partial charge in [0.05, 0.1) is 4.92 Å². The van der Waals surface area contributed by atoms with E-state index >= 15 is 0 Å². The predicted molar refractivity (Wildman–Crippen MR) is 129 cm³/mol. The van der Waals surface area contributed by atoms with Crippen LogP contribution in [0, 0.1) is 10.1 Å². The molecule has 2 aromatic carbocycles. The second kappa shape index (κ2) is 14.8. The smallest absolute Gasteiger partial charge is 0.246 e. The van der Waals surface area contributed by atoms with Crippen LogP contribution in [0.25, 0.3) is 16.8 Å². The highest BCUT2D eigenvalue weighted by molar-refractivity contribution is 5.84. The van der Waals surface area contributed by atoms with Crippen LogP contribution in [-0.4, -0.2) is 4.92 Å². The van der Waals surface area contributed by atoms with E-state index in [1.807, 2.05) is 36.4 Å². The number of unbranched alkanes of at least 4 members (excludes halogenated alkanes) is 12. The van der Waals surface area contributed by atoms with Gasteiger partial charge in [-0.15, -0.1) is 0 Å². The fourth-order valence-corrected chi connectivity index (χ4v) is 4.03. The second-order valence-corrected chi connectivity index (χ2v) is 8.49. The van der Waals surface area contributed by atoms with Gasteiger partial charge in [0.25, 0.3) is 0 Å². The van der Waals surface area contributed by atoms with Gasteiger partial charge < -0.3 is 0 Å². The Morgan fingerprint density at radius 2 is 1.30 bits per heavy atom. The predicted octanol–water partition coefficient (Wildman–Crippen LogP) is 8.94. The summed E-state index contributed by atoms with van der Waals surface area (Å²) in [6.45, 7) is 2.26. The van der Waals surface area contributed by atoms with Crippen molar-refractivity contribution in [2.45, 2.75) is 96.8 Å². The molecular formula is C27H39NO2. The summed E-state index contributed by atoms with van der Waals surface area (Å²) in [5.74, 6) is 0. The third-order valence-corrected chi connectivity index (χ3v) is 5.88. The van der Waals surface area contributed by atoms with Crippen LogP contribution < -0.4 is 0 Å². The van der Waals surface area contributed by atoms with E-state index in [1.165, 1.54) is 70.6 Å². The highest BCUT2D eigenvalue weighted by Crippen LogP contribution is 2.20. The van der Waals surface area contributed by atoms with Gasteiger partial charge in [0.2, 0.25) is 5.70 Å². The summed E-state index contributed by atoms with van der Waals surface area (Å²) in [6, 6.07) is 14.1. The van der Waals surface area contributed by atoms with E-state index in [0.717, 1.165) is 29.2 Å². The SMILES string of the molecule is CCCCCCCCCCCCCCC/C(=C\c1ccc2ccccc2c1)[N+](=O)[O-]. The molecule has 0 unspecified atom stereocenters. The van der Waals surface area contributed by atoms with E-state index in [1.54, 1.807) is 6.08 Å². The van der Waals surface area contributed by atoms with E-state index in [2.05, 4.69) is 13.0 Å². The zero-order chi connectivity index (χ0) is 21.4. The Labute approximate surface area is 182 Å². The highest BCUT2D eigenvalue weighted by Gasteiger charge is 2.10. The lowest BCUT2D eigenvalue weighted by Gasteiger charge is -2.03. The third-order valence-electron chi connectivity index (χ3n) is 5.88. The summed E-state index contributed by atoms with van der Waals surface area (Å²) in [4.78, 5) is 11.2. The first kappa shape index (κ1) is 24.1. The van der Waals surface area contributed by atoms with E-state index in [0.29, 0.717) is 12.1 Å². The lowest BCUT2D eigenvalue weighted by Crippen LogP contribution is -1.99. The van der Waals surface area contributed by atoms with Crippen LogP contribution in [-0.2, 0) is 0 Å². The van der Waals surface area contributed by atoms with Gasteiger partial charge in [-0.25, -0.2) is 0 Å². The summed E-state index contributed by atoms with van der Waals surface area (Å²) < 4.78 is 0. The fraction of sp³-hybridized carbons (Fsp3) is 0.556. The maximum absolute atomic E-state index is 11.5. The fourth-order valence-electron chi connectivity index (χ4n) is 4.03. The molecule has 0 saturated carbocycles.